The van der Waals surface area contributed by atoms with Crippen molar-refractivity contribution in [2.75, 3.05) is 26.3 Å². The molecule has 148 valence electrons. The summed E-state index contributed by atoms with van der Waals surface area (Å²) in [7, 11) is 2.08. The zero-order valence-electron chi connectivity index (χ0n) is 16.6. The average Bonchev–Trinajstić information content (AvgIpc) is 3.05. The first kappa shape index (κ1) is 19.0. The van der Waals surface area contributed by atoms with Gasteiger partial charge in [-0.2, -0.15) is 0 Å². The number of hydrogen-bond acceptors (Lipinski definition) is 4. The smallest absolute Gasteiger partial charge is 0.123 e. The molecule has 0 spiro atoms. The molecule has 5 heteroatoms. The summed E-state index contributed by atoms with van der Waals surface area (Å²) in [6.45, 7) is 3.57. The number of benzene rings is 2. The van der Waals surface area contributed by atoms with Crippen molar-refractivity contribution in [1.82, 2.24) is 14.5 Å². The van der Waals surface area contributed by atoms with Crippen LogP contribution in [0.3, 0.4) is 0 Å². The van der Waals surface area contributed by atoms with E-state index >= 15 is 0 Å². The standard InChI is InChI=1S/C23H29N3O2/c1-25-21-11-6-5-10-20(21)24-22(25)16-26-14-7-12-23(17-26,18-27)13-15-28-19-8-3-2-4-9-19/h2-6,8-11,27H,7,12-18H2,1H3/t23-/m0/s1. The van der Waals surface area contributed by atoms with Crippen LogP contribution in [0.25, 0.3) is 11.0 Å². The molecular weight excluding hydrogens is 350 g/mol. The maximum Gasteiger partial charge on any atom is 0.123 e. The lowest BCUT2D eigenvalue weighted by molar-refractivity contribution is 0.0117. The summed E-state index contributed by atoms with van der Waals surface area (Å²) in [5.41, 5.74) is 2.11. The molecule has 28 heavy (non-hydrogen) atoms. The van der Waals surface area contributed by atoms with Gasteiger partial charge < -0.3 is 14.4 Å². The number of aryl methyl sites for hydroxylation is 1. The number of likely N-dealkylation sites (tertiary alicyclic amines) is 1. The molecule has 0 unspecified atom stereocenters. The number of fused-ring (bicyclic) bond motifs is 1. The molecule has 0 amide bonds. The van der Waals surface area contributed by atoms with E-state index < -0.39 is 0 Å². The number of hydrogen-bond donors (Lipinski definition) is 1. The zero-order valence-corrected chi connectivity index (χ0v) is 16.6. The van der Waals surface area contributed by atoms with E-state index in [0.29, 0.717) is 6.61 Å². The number of rotatable bonds is 7. The summed E-state index contributed by atoms with van der Waals surface area (Å²) in [6, 6.07) is 18.2. The minimum atomic E-state index is -0.0996. The van der Waals surface area contributed by atoms with Gasteiger partial charge in [0.25, 0.3) is 0 Å². The van der Waals surface area contributed by atoms with Gasteiger partial charge in [0.15, 0.2) is 0 Å². The summed E-state index contributed by atoms with van der Waals surface area (Å²) in [5, 5.41) is 10.2. The largest absolute Gasteiger partial charge is 0.494 e. The minimum absolute atomic E-state index is 0.0996. The summed E-state index contributed by atoms with van der Waals surface area (Å²) in [4.78, 5) is 7.25. The van der Waals surface area contributed by atoms with Gasteiger partial charge >= 0.3 is 0 Å². The van der Waals surface area contributed by atoms with Crippen LogP contribution in [-0.4, -0.2) is 45.9 Å². The second-order valence-electron chi connectivity index (χ2n) is 7.96. The fraction of sp³-hybridized carbons (Fsp3) is 0.435. The predicted octanol–water partition coefficient (Wildman–Crippen LogP) is 3.62. The molecule has 1 saturated heterocycles. The van der Waals surface area contributed by atoms with Gasteiger partial charge in [-0.25, -0.2) is 4.98 Å². The van der Waals surface area contributed by atoms with Gasteiger partial charge in [-0.3, -0.25) is 4.90 Å². The van der Waals surface area contributed by atoms with Crippen LogP contribution in [0.15, 0.2) is 54.6 Å². The van der Waals surface area contributed by atoms with Crippen molar-refractivity contribution in [3.63, 3.8) is 0 Å². The molecule has 0 bridgehead atoms. The molecule has 3 aromatic rings. The molecule has 0 saturated carbocycles. The Hall–Kier alpha value is -2.37. The van der Waals surface area contributed by atoms with E-state index in [1.807, 2.05) is 36.4 Å². The Labute approximate surface area is 166 Å². The van der Waals surface area contributed by atoms with Crippen molar-refractivity contribution in [3.05, 3.63) is 60.4 Å². The third-order valence-electron chi connectivity index (χ3n) is 5.96. The Balaban J connectivity index is 1.40. The van der Waals surface area contributed by atoms with Crippen molar-refractivity contribution < 1.29 is 9.84 Å². The number of aliphatic hydroxyl groups is 1. The molecule has 1 fully saturated rings. The summed E-state index contributed by atoms with van der Waals surface area (Å²) >= 11 is 0. The van der Waals surface area contributed by atoms with Crippen LogP contribution in [0.5, 0.6) is 5.75 Å². The molecule has 1 atom stereocenters. The zero-order chi connectivity index (χ0) is 19.4. The second kappa shape index (κ2) is 8.33. The molecule has 1 aliphatic rings. The molecule has 2 aromatic carbocycles. The van der Waals surface area contributed by atoms with Crippen LogP contribution < -0.4 is 4.74 Å². The summed E-state index contributed by atoms with van der Waals surface area (Å²) < 4.78 is 8.09. The van der Waals surface area contributed by atoms with Crippen LogP contribution in [0, 0.1) is 5.41 Å². The van der Waals surface area contributed by atoms with E-state index in [4.69, 9.17) is 9.72 Å². The van der Waals surface area contributed by atoms with Crippen molar-refractivity contribution in [3.8, 4) is 5.75 Å². The van der Waals surface area contributed by atoms with E-state index in [-0.39, 0.29) is 12.0 Å². The quantitative estimate of drug-likeness (QED) is 0.681. The molecule has 1 aromatic heterocycles. The van der Waals surface area contributed by atoms with E-state index in [1.165, 1.54) is 5.52 Å². The first-order valence-electron chi connectivity index (χ1n) is 10.1. The molecule has 0 radical (unpaired) electrons. The lowest BCUT2D eigenvalue weighted by Gasteiger charge is -2.41. The molecular formula is C23H29N3O2. The van der Waals surface area contributed by atoms with E-state index in [2.05, 4.69) is 34.7 Å². The van der Waals surface area contributed by atoms with Gasteiger partial charge in [0.1, 0.15) is 11.6 Å². The Kier molecular flexibility index (Phi) is 5.64. The highest BCUT2D eigenvalue weighted by atomic mass is 16.5. The number of nitrogens with zero attached hydrogens (tertiary/aromatic N) is 3. The fourth-order valence-corrected chi connectivity index (χ4v) is 4.30. The van der Waals surface area contributed by atoms with Crippen molar-refractivity contribution >= 4 is 11.0 Å². The highest BCUT2D eigenvalue weighted by Crippen LogP contribution is 2.34. The molecule has 0 aliphatic carbocycles. The number of para-hydroxylation sites is 3. The maximum atomic E-state index is 10.2. The number of ether oxygens (including phenoxy) is 1. The molecule has 2 heterocycles. The van der Waals surface area contributed by atoms with Crippen molar-refractivity contribution in [2.24, 2.45) is 12.5 Å². The molecule has 1 N–H and O–H groups in total. The monoisotopic (exact) mass is 379 g/mol. The van der Waals surface area contributed by atoms with E-state index in [0.717, 1.165) is 56.0 Å². The van der Waals surface area contributed by atoms with Crippen LogP contribution in [-0.2, 0) is 13.6 Å². The van der Waals surface area contributed by atoms with Gasteiger partial charge in [0.05, 0.1) is 30.8 Å². The van der Waals surface area contributed by atoms with Crippen molar-refractivity contribution in [1.29, 1.82) is 0 Å². The third kappa shape index (κ3) is 4.05. The van der Waals surface area contributed by atoms with Gasteiger partial charge in [-0.05, 0) is 50.1 Å². The first-order valence-corrected chi connectivity index (χ1v) is 10.1. The van der Waals surface area contributed by atoms with Gasteiger partial charge in [-0.15, -0.1) is 0 Å². The predicted molar refractivity (Wildman–Crippen MR) is 111 cm³/mol. The lowest BCUT2D eigenvalue weighted by Crippen LogP contribution is -2.46. The van der Waals surface area contributed by atoms with Gasteiger partial charge in [0, 0.05) is 19.0 Å². The van der Waals surface area contributed by atoms with Crippen LogP contribution in [0.1, 0.15) is 25.1 Å². The number of aliphatic hydroxyl groups excluding tert-OH is 1. The second-order valence-corrected chi connectivity index (χ2v) is 7.96. The van der Waals surface area contributed by atoms with Crippen LogP contribution >= 0.6 is 0 Å². The van der Waals surface area contributed by atoms with Gasteiger partial charge in [-0.1, -0.05) is 30.3 Å². The highest BCUT2D eigenvalue weighted by molar-refractivity contribution is 5.75. The van der Waals surface area contributed by atoms with Gasteiger partial charge in [0.2, 0.25) is 0 Å². The fourth-order valence-electron chi connectivity index (χ4n) is 4.30. The highest BCUT2D eigenvalue weighted by Gasteiger charge is 2.35. The number of imidazole rings is 1. The summed E-state index contributed by atoms with van der Waals surface area (Å²) in [5.74, 6) is 1.97. The molecule has 4 rings (SSSR count). The lowest BCUT2D eigenvalue weighted by atomic mass is 9.78. The van der Waals surface area contributed by atoms with Crippen LogP contribution in [0.2, 0.25) is 0 Å². The summed E-state index contributed by atoms with van der Waals surface area (Å²) in [6.07, 6.45) is 2.99. The topological polar surface area (TPSA) is 50.5 Å². The molecule has 1 aliphatic heterocycles. The Morgan fingerprint density at radius 2 is 1.89 bits per heavy atom. The Morgan fingerprint density at radius 1 is 1.11 bits per heavy atom. The van der Waals surface area contributed by atoms with Crippen LogP contribution in [0.4, 0.5) is 0 Å². The first-order chi connectivity index (χ1) is 13.7. The molecule has 5 nitrogen and oxygen atoms in total. The third-order valence-corrected chi connectivity index (χ3v) is 5.96. The Morgan fingerprint density at radius 3 is 2.68 bits per heavy atom. The minimum Gasteiger partial charge on any atom is -0.494 e. The average molecular weight is 380 g/mol. The maximum absolute atomic E-state index is 10.2. The number of piperidine rings is 1. The van der Waals surface area contributed by atoms with E-state index in [1.54, 1.807) is 0 Å². The SMILES string of the molecule is Cn1c(CN2CCC[C@](CO)(CCOc3ccccc3)C2)nc2ccccc21. The normalized spacial score (nSPS) is 20.5. The Bertz CT molecular complexity index is 909. The van der Waals surface area contributed by atoms with E-state index in [9.17, 15) is 5.11 Å². The van der Waals surface area contributed by atoms with Crippen molar-refractivity contribution in [2.45, 2.75) is 25.8 Å². The number of aromatic nitrogens is 2.